The van der Waals surface area contributed by atoms with Gasteiger partial charge in [-0.25, -0.2) is 4.39 Å². The van der Waals surface area contributed by atoms with Crippen molar-refractivity contribution in [3.05, 3.63) is 71.0 Å². The van der Waals surface area contributed by atoms with Crippen molar-refractivity contribution in [1.82, 2.24) is 5.43 Å². The number of hydrazine groups is 1. The Bertz CT molecular complexity index is 597. The summed E-state index contributed by atoms with van der Waals surface area (Å²) in [5, 5.41) is 0. The van der Waals surface area contributed by atoms with Crippen LogP contribution in [-0.2, 0) is 0 Å². The lowest BCUT2D eigenvalue weighted by atomic mass is 9.98. The van der Waals surface area contributed by atoms with E-state index in [0.29, 0.717) is 17.4 Å². The summed E-state index contributed by atoms with van der Waals surface area (Å²) >= 11 is 0. The Hall–Kier alpha value is -1.71. The third kappa shape index (κ3) is 2.47. The van der Waals surface area contributed by atoms with Gasteiger partial charge in [-0.1, -0.05) is 42.5 Å². The van der Waals surface area contributed by atoms with Crippen LogP contribution in [0.1, 0.15) is 35.1 Å². The predicted octanol–water partition coefficient (Wildman–Crippen LogP) is 3.44. The van der Waals surface area contributed by atoms with Gasteiger partial charge < -0.3 is 0 Å². The van der Waals surface area contributed by atoms with Gasteiger partial charge in [0.05, 0.1) is 6.04 Å². The number of nitrogens with one attached hydrogen (secondary N) is 1. The highest BCUT2D eigenvalue weighted by Crippen LogP contribution is 2.54. The number of hydrogen-bond acceptors (Lipinski definition) is 2. The maximum Gasteiger partial charge on any atom is 0.128 e. The molecule has 3 N–H and O–H groups in total. The molecular weight excluding hydrogens is 251 g/mol. The molecule has 20 heavy (non-hydrogen) atoms. The monoisotopic (exact) mass is 270 g/mol. The number of halogens is 1. The van der Waals surface area contributed by atoms with Crippen LogP contribution < -0.4 is 11.3 Å². The fraction of sp³-hybridized carbons (Fsp3) is 0.294. The van der Waals surface area contributed by atoms with Crippen LogP contribution in [-0.4, -0.2) is 0 Å². The van der Waals surface area contributed by atoms with Gasteiger partial charge in [0.1, 0.15) is 5.82 Å². The Labute approximate surface area is 118 Å². The molecule has 0 amide bonds. The highest BCUT2D eigenvalue weighted by atomic mass is 19.1. The molecule has 3 heteroatoms. The maximum absolute atomic E-state index is 14.1. The SMILES string of the molecule is Cc1ccc(C(NN)C2CC2c2ccccc2)c(F)c1. The summed E-state index contributed by atoms with van der Waals surface area (Å²) in [7, 11) is 0. The summed E-state index contributed by atoms with van der Waals surface area (Å²) in [4.78, 5) is 0. The van der Waals surface area contributed by atoms with Gasteiger partial charge in [-0.3, -0.25) is 11.3 Å². The molecule has 0 saturated heterocycles. The smallest absolute Gasteiger partial charge is 0.128 e. The molecular formula is C17H19FN2. The van der Waals surface area contributed by atoms with E-state index in [2.05, 4.69) is 17.6 Å². The van der Waals surface area contributed by atoms with Crippen molar-refractivity contribution in [3.8, 4) is 0 Å². The first kappa shape index (κ1) is 13.3. The normalized spacial score (nSPS) is 22.6. The van der Waals surface area contributed by atoms with Crippen LogP contribution in [0.5, 0.6) is 0 Å². The van der Waals surface area contributed by atoms with Gasteiger partial charge in [-0.05, 0) is 42.4 Å². The van der Waals surface area contributed by atoms with Crippen LogP contribution in [0.2, 0.25) is 0 Å². The minimum atomic E-state index is -0.174. The number of hydrogen-bond donors (Lipinski definition) is 2. The fourth-order valence-corrected chi connectivity index (χ4v) is 2.99. The fourth-order valence-electron chi connectivity index (χ4n) is 2.99. The van der Waals surface area contributed by atoms with Crippen molar-refractivity contribution in [3.63, 3.8) is 0 Å². The Morgan fingerprint density at radius 3 is 2.60 bits per heavy atom. The first-order valence-corrected chi connectivity index (χ1v) is 6.98. The van der Waals surface area contributed by atoms with Gasteiger partial charge in [0.25, 0.3) is 0 Å². The van der Waals surface area contributed by atoms with Crippen LogP contribution in [0.25, 0.3) is 0 Å². The highest BCUT2D eigenvalue weighted by Gasteiger charge is 2.44. The van der Waals surface area contributed by atoms with E-state index in [0.717, 1.165) is 12.0 Å². The third-order valence-electron chi connectivity index (χ3n) is 4.17. The lowest BCUT2D eigenvalue weighted by Gasteiger charge is -2.17. The first-order chi connectivity index (χ1) is 9.70. The van der Waals surface area contributed by atoms with E-state index in [1.54, 1.807) is 6.07 Å². The maximum atomic E-state index is 14.1. The van der Waals surface area contributed by atoms with Crippen LogP contribution in [0.4, 0.5) is 4.39 Å². The van der Waals surface area contributed by atoms with Gasteiger partial charge >= 0.3 is 0 Å². The van der Waals surface area contributed by atoms with Crippen molar-refractivity contribution in [2.45, 2.75) is 25.3 Å². The van der Waals surface area contributed by atoms with Gasteiger partial charge in [0.2, 0.25) is 0 Å². The molecule has 0 spiro atoms. The summed E-state index contributed by atoms with van der Waals surface area (Å²) in [6.45, 7) is 1.89. The van der Waals surface area contributed by atoms with Gasteiger partial charge in [0.15, 0.2) is 0 Å². The number of rotatable bonds is 4. The molecule has 1 fully saturated rings. The summed E-state index contributed by atoms with van der Waals surface area (Å²) in [6.07, 6.45) is 1.05. The largest absolute Gasteiger partial charge is 0.271 e. The van der Waals surface area contributed by atoms with Crippen molar-refractivity contribution in [2.24, 2.45) is 11.8 Å². The molecule has 3 unspecified atom stereocenters. The number of aryl methyl sites for hydroxylation is 1. The Morgan fingerprint density at radius 1 is 1.20 bits per heavy atom. The second kappa shape index (κ2) is 5.35. The Balaban J connectivity index is 1.82. The molecule has 1 aliphatic rings. The molecule has 2 aromatic carbocycles. The van der Waals surface area contributed by atoms with Crippen LogP contribution in [0.15, 0.2) is 48.5 Å². The summed E-state index contributed by atoms with van der Waals surface area (Å²) in [6, 6.07) is 15.6. The van der Waals surface area contributed by atoms with Crippen molar-refractivity contribution in [1.29, 1.82) is 0 Å². The van der Waals surface area contributed by atoms with Gasteiger partial charge in [0, 0.05) is 5.56 Å². The lowest BCUT2D eigenvalue weighted by molar-refractivity contribution is 0.461. The molecule has 0 radical (unpaired) electrons. The van der Waals surface area contributed by atoms with Gasteiger partial charge in [-0.2, -0.15) is 0 Å². The molecule has 104 valence electrons. The van der Waals surface area contributed by atoms with E-state index in [-0.39, 0.29) is 11.9 Å². The number of benzene rings is 2. The summed E-state index contributed by atoms with van der Waals surface area (Å²) in [5.74, 6) is 6.33. The summed E-state index contributed by atoms with van der Waals surface area (Å²) < 4.78 is 14.1. The highest BCUT2D eigenvalue weighted by molar-refractivity contribution is 5.32. The second-order valence-electron chi connectivity index (χ2n) is 5.59. The standard InChI is InChI=1S/C17H19FN2/c1-11-7-8-13(16(18)9-11)17(20-19)15-10-14(15)12-5-3-2-4-6-12/h2-9,14-15,17,20H,10,19H2,1H3. The molecule has 1 aliphatic carbocycles. The minimum absolute atomic E-state index is 0.124. The van der Waals surface area contributed by atoms with E-state index < -0.39 is 0 Å². The molecule has 0 heterocycles. The van der Waals surface area contributed by atoms with Crippen LogP contribution >= 0.6 is 0 Å². The zero-order chi connectivity index (χ0) is 14.1. The minimum Gasteiger partial charge on any atom is -0.271 e. The van der Waals surface area contributed by atoms with Crippen molar-refractivity contribution in [2.75, 3.05) is 0 Å². The van der Waals surface area contributed by atoms with Crippen molar-refractivity contribution >= 4 is 0 Å². The van der Waals surface area contributed by atoms with Crippen molar-refractivity contribution < 1.29 is 4.39 Å². The molecule has 0 aromatic heterocycles. The molecule has 2 aromatic rings. The molecule has 0 aliphatic heterocycles. The predicted molar refractivity (Wildman–Crippen MR) is 78.5 cm³/mol. The third-order valence-corrected chi connectivity index (χ3v) is 4.17. The van der Waals surface area contributed by atoms with E-state index in [9.17, 15) is 4.39 Å². The van der Waals surface area contributed by atoms with E-state index in [1.807, 2.05) is 37.3 Å². The quantitative estimate of drug-likeness (QED) is 0.659. The van der Waals surface area contributed by atoms with Gasteiger partial charge in [-0.15, -0.1) is 0 Å². The first-order valence-electron chi connectivity index (χ1n) is 6.98. The molecule has 2 nitrogen and oxygen atoms in total. The van der Waals surface area contributed by atoms with E-state index in [1.165, 1.54) is 5.56 Å². The average molecular weight is 270 g/mol. The Kier molecular flexibility index (Phi) is 3.55. The molecule has 0 bridgehead atoms. The lowest BCUT2D eigenvalue weighted by Crippen LogP contribution is -2.30. The summed E-state index contributed by atoms with van der Waals surface area (Å²) in [5.41, 5.74) is 5.71. The average Bonchev–Trinajstić information content (AvgIpc) is 3.23. The van der Waals surface area contributed by atoms with E-state index in [4.69, 9.17) is 5.84 Å². The van der Waals surface area contributed by atoms with Crippen LogP contribution in [0, 0.1) is 18.7 Å². The Morgan fingerprint density at radius 2 is 1.95 bits per heavy atom. The number of nitrogens with two attached hydrogens (primary N) is 1. The zero-order valence-electron chi connectivity index (χ0n) is 11.5. The molecule has 1 saturated carbocycles. The second-order valence-corrected chi connectivity index (χ2v) is 5.59. The zero-order valence-corrected chi connectivity index (χ0v) is 11.5. The van der Waals surface area contributed by atoms with E-state index >= 15 is 0 Å². The topological polar surface area (TPSA) is 38.0 Å². The molecule has 3 rings (SSSR count). The van der Waals surface area contributed by atoms with Crippen LogP contribution in [0.3, 0.4) is 0 Å². The molecule has 3 atom stereocenters.